The molecule has 294 valence electrons. The van der Waals surface area contributed by atoms with E-state index in [-0.39, 0.29) is 32.5 Å². The van der Waals surface area contributed by atoms with Gasteiger partial charge in [-0.15, -0.1) is 0 Å². The zero-order valence-electron chi connectivity index (χ0n) is 39.5. The largest absolute Gasteiger partial charge is 0.0561 e. The Morgan fingerprint density at radius 1 is 0.222 bits per heavy atom. The van der Waals surface area contributed by atoms with Gasteiger partial charge in [-0.3, -0.25) is 0 Å². The summed E-state index contributed by atoms with van der Waals surface area (Å²) in [5.74, 6) is 0. The van der Waals surface area contributed by atoms with Gasteiger partial charge in [0.1, 0.15) is 0 Å². The summed E-state index contributed by atoms with van der Waals surface area (Å²) in [7, 11) is 0. The maximum Gasteiger partial charge on any atom is -0.0113 e. The van der Waals surface area contributed by atoms with Crippen molar-refractivity contribution in [1.82, 2.24) is 0 Å². The molecule has 0 N–H and O–H groups in total. The second-order valence-electron chi connectivity index (χ2n) is 23.1. The van der Waals surface area contributed by atoms with E-state index in [1.54, 1.807) is 0 Å². The third kappa shape index (κ3) is 8.20. The highest BCUT2D eigenvalue weighted by Gasteiger charge is 2.31. The first-order valence-electron chi connectivity index (χ1n) is 20.7. The van der Waals surface area contributed by atoms with Crippen molar-refractivity contribution in [2.45, 2.75) is 199 Å². The minimum Gasteiger partial charge on any atom is -0.0561 e. The van der Waals surface area contributed by atoms with E-state index in [2.05, 4.69) is 203 Å². The summed E-state index contributed by atoms with van der Waals surface area (Å²) in [4.78, 5) is 0. The van der Waals surface area contributed by atoms with Crippen LogP contribution in [0.25, 0.3) is 33.4 Å². The number of rotatable bonds is 3. The average Bonchev–Trinajstić information content (AvgIpc) is 2.95. The van der Waals surface area contributed by atoms with Crippen LogP contribution >= 0.6 is 0 Å². The fourth-order valence-electron chi connectivity index (χ4n) is 9.77. The molecule has 0 bridgehead atoms. The molecule has 0 atom stereocenters. The summed E-state index contributed by atoms with van der Waals surface area (Å²) in [5, 5.41) is 0. The first kappa shape index (κ1) is 43.6. The lowest BCUT2D eigenvalue weighted by atomic mass is 9.71. The summed E-state index contributed by atoms with van der Waals surface area (Å²) < 4.78 is 0. The fraction of sp³-hybridized carbons (Fsp3) is 0.556. The molecule has 0 fully saturated rings. The molecule has 54 heavy (non-hydrogen) atoms. The van der Waals surface area contributed by atoms with Crippen LogP contribution in [-0.4, -0.2) is 0 Å². The van der Waals surface area contributed by atoms with Crippen LogP contribution in [-0.2, 0) is 32.5 Å². The number of hydrogen-bond donors (Lipinski definition) is 0. The SMILES string of the molecule is Cc1c(C(C)(C)C)cc(-c2c(C)c(-c3cc(C(C)(C)C)c(C)c(C(C)(C)C)c3)c(C)c(-c3cc(C(C)(C)C)c(C)c(C(C)(C)C)c3)c2C)cc1C(C)(C)C. The molecule has 0 saturated heterocycles. The van der Waals surface area contributed by atoms with Crippen molar-refractivity contribution in [2.75, 3.05) is 0 Å². The van der Waals surface area contributed by atoms with E-state index in [0.29, 0.717) is 0 Å². The molecule has 0 heterocycles. The van der Waals surface area contributed by atoms with Crippen LogP contribution in [0.5, 0.6) is 0 Å². The molecule has 0 radical (unpaired) electrons. The molecular weight excluding hydrogens is 649 g/mol. The maximum atomic E-state index is 2.54. The van der Waals surface area contributed by atoms with Crippen LogP contribution in [0.15, 0.2) is 36.4 Å². The lowest BCUT2D eigenvalue weighted by molar-refractivity contribution is 0.561. The van der Waals surface area contributed by atoms with E-state index in [9.17, 15) is 0 Å². The summed E-state index contributed by atoms with van der Waals surface area (Å²) in [5.41, 5.74) is 25.3. The van der Waals surface area contributed by atoms with E-state index in [0.717, 1.165) is 0 Å². The van der Waals surface area contributed by atoms with Crippen LogP contribution in [0.4, 0.5) is 0 Å². The molecule has 4 rings (SSSR count). The Morgan fingerprint density at radius 2 is 0.352 bits per heavy atom. The Balaban J connectivity index is 2.40. The van der Waals surface area contributed by atoms with Crippen molar-refractivity contribution in [2.24, 2.45) is 0 Å². The first-order chi connectivity index (χ1) is 24.1. The van der Waals surface area contributed by atoms with Gasteiger partial charge in [0.05, 0.1) is 0 Å². The van der Waals surface area contributed by atoms with Crippen LogP contribution in [0.2, 0.25) is 0 Å². The lowest BCUT2D eigenvalue weighted by Gasteiger charge is -2.33. The van der Waals surface area contributed by atoms with E-state index >= 15 is 0 Å². The van der Waals surface area contributed by atoms with E-state index < -0.39 is 0 Å². The molecule has 0 aliphatic carbocycles. The van der Waals surface area contributed by atoms with Gasteiger partial charge in [-0.2, -0.15) is 0 Å². The third-order valence-electron chi connectivity index (χ3n) is 12.2. The Morgan fingerprint density at radius 3 is 0.463 bits per heavy atom. The van der Waals surface area contributed by atoms with Gasteiger partial charge >= 0.3 is 0 Å². The Kier molecular flexibility index (Phi) is 11.2. The summed E-state index contributed by atoms with van der Waals surface area (Å²) in [6.45, 7) is 57.0. The maximum absolute atomic E-state index is 2.54. The number of hydrogen-bond acceptors (Lipinski definition) is 0. The van der Waals surface area contributed by atoms with Crippen LogP contribution in [0, 0.1) is 41.5 Å². The van der Waals surface area contributed by atoms with Crippen molar-refractivity contribution in [3.05, 3.63) is 103 Å². The molecule has 0 aliphatic heterocycles. The molecule has 4 aromatic rings. The highest BCUT2D eigenvalue weighted by atomic mass is 14.4. The second-order valence-corrected chi connectivity index (χ2v) is 23.1. The normalized spacial score (nSPS) is 13.6. The summed E-state index contributed by atoms with van der Waals surface area (Å²) >= 11 is 0. The van der Waals surface area contributed by atoms with Gasteiger partial charge in [-0.05, 0) is 174 Å². The summed E-state index contributed by atoms with van der Waals surface area (Å²) in [6, 6.07) is 15.2. The van der Waals surface area contributed by atoms with Gasteiger partial charge in [0, 0.05) is 0 Å². The zero-order valence-corrected chi connectivity index (χ0v) is 39.5. The molecule has 0 unspecified atom stereocenters. The van der Waals surface area contributed by atoms with Crippen LogP contribution < -0.4 is 0 Å². The minimum absolute atomic E-state index is 0.0125. The van der Waals surface area contributed by atoms with Gasteiger partial charge < -0.3 is 0 Å². The van der Waals surface area contributed by atoms with Gasteiger partial charge in [0.2, 0.25) is 0 Å². The van der Waals surface area contributed by atoms with Crippen molar-refractivity contribution in [3.63, 3.8) is 0 Å². The summed E-state index contributed by atoms with van der Waals surface area (Å²) in [6.07, 6.45) is 0. The Hall–Kier alpha value is -3.12. The molecule has 0 saturated carbocycles. The monoisotopic (exact) mass is 727 g/mol. The van der Waals surface area contributed by atoms with Crippen molar-refractivity contribution in [3.8, 4) is 33.4 Å². The minimum atomic E-state index is 0.0125. The molecule has 0 amide bonds. The standard InChI is InChI=1S/C54H78/c1-31-40(49(7,8)9)25-37(26-41(31)50(10,11)12)46-34(4)47(38-27-42(51(13,14)15)32(2)43(28-38)52(16,17)18)36(6)48(35(46)5)39-29-44(53(19,20)21)33(3)45(30-39)54(22,23)24/h25-30H,1-24H3. The molecule has 0 heteroatoms. The van der Waals surface area contributed by atoms with Gasteiger partial charge in [0.25, 0.3) is 0 Å². The predicted octanol–water partition coefficient (Wildman–Crippen LogP) is 16.3. The third-order valence-corrected chi connectivity index (χ3v) is 12.2. The molecular formula is C54H78. The van der Waals surface area contributed by atoms with Crippen LogP contribution in [0.3, 0.4) is 0 Å². The van der Waals surface area contributed by atoms with E-state index in [4.69, 9.17) is 0 Å². The zero-order chi connectivity index (χ0) is 41.6. The van der Waals surface area contributed by atoms with Crippen molar-refractivity contribution >= 4 is 0 Å². The average molecular weight is 727 g/mol. The highest BCUT2D eigenvalue weighted by molar-refractivity contribution is 5.92. The van der Waals surface area contributed by atoms with Crippen molar-refractivity contribution in [1.29, 1.82) is 0 Å². The quantitative estimate of drug-likeness (QED) is 0.197. The van der Waals surface area contributed by atoms with Gasteiger partial charge in [-0.1, -0.05) is 161 Å². The Bertz CT molecular complexity index is 1710. The molecule has 0 aromatic heterocycles. The Labute approximate surface area is 334 Å². The smallest absolute Gasteiger partial charge is 0.0113 e. The lowest BCUT2D eigenvalue weighted by Crippen LogP contribution is -2.20. The predicted molar refractivity (Wildman–Crippen MR) is 243 cm³/mol. The van der Waals surface area contributed by atoms with E-state index in [1.807, 2.05) is 0 Å². The molecule has 0 spiro atoms. The fourth-order valence-corrected chi connectivity index (χ4v) is 9.77. The van der Waals surface area contributed by atoms with Crippen molar-refractivity contribution < 1.29 is 0 Å². The molecule has 0 nitrogen and oxygen atoms in total. The topological polar surface area (TPSA) is 0 Å². The van der Waals surface area contributed by atoms with Gasteiger partial charge in [-0.25, -0.2) is 0 Å². The van der Waals surface area contributed by atoms with Gasteiger partial charge in [0.15, 0.2) is 0 Å². The van der Waals surface area contributed by atoms with E-state index in [1.165, 1.54) is 100 Å². The second kappa shape index (κ2) is 13.8. The molecule has 4 aromatic carbocycles. The highest BCUT2D eigenvalue weighted by Crippen LogP contribution is 2.49. The molecule has 0 aliphatic rings. The number of benzene rings is 4. The van der Waals surface area contributed by atoms with Crippen LogP contribution in [0.1, 0.15) is 191 Å². The first-order valence-corrected chi connectivity index (χ1v) is 20.7.